The fraction of sp³-hybridized carbons (Fsp3) is 0.250. The van der Waals surface area contributed by atoms with Crippen molar-refractivity contribution in [2.45, 2.75) is 30.7 Å². The van der Waals surface area contributed by atoms with Crippen LogP contribution in [-0.2, 0) is 15.1 Å². The standard InChI is InChI=1S/C28H27N3O2/c29-27-30-28(21-13-6-2-7-14-21,22-15-8-3-9-16-22)26(33)31(27)18-10-17-25(32)24-19-23(24)20-11-4-1-5-12-20/h1-9,11-16,23-24H,10,17-19H2,(H2,29,30)/t23-,24?/m0/s1. The molecule has 0 bridgehead atoms. The maximum absolute atomic E-state index is 13.7. The molecule has 1 saturated carbocycles. The van der Waals surface area contributed by atoms with Crippen LogP contribution in [0.3, 0.4) is 0 Å². The average molecular weight is 438 g/mol. The molecule has 1 aliphatic carbocycles. The molecule has 3 aromatic rings. The fourth-order valence-corrected chi connectivity index (χ4v) is 4.91. The number of amides is 1. The Kier molecular flexibility index (Phi) is 5.55. The van der Waals surface area contributed by atoms with Crippen molar-refractivity contribution in [3.63, 3.8) is 0 Å². The molecule has 3 aromatic carbocycles. The van der Waals surface area contributed by atoms with Gasteiger partial charge in [0.15, 0.2) is 11.5 Å². The molecule has 0 spiro atoms. The minimum absolute atomic E-state index is 0.0976. The number of Topliss-reactive ketones (excluding diaryl/α,β-unsaturated/α-hetero) is 1. The Morgan fingerprint density at radius 2 is 1.45 bits per heavy atom. The van der Waals surface area contributed by atoms with Gasteiger partial charge in [-0.25, -0.2) is 4.99 Å². The van der Waals surface area contributed by atoms with Crippen molar-refractivity contribution in [3.8, 4) is 0 Å². The van der Waals surface area contributed by atoms with Crippen LogP contribution in [0.15, 0.2) is 96.0 Å². The molecule has 1 aliphatic heterocycles. The minimum Gasteiger partial charge on any atom is -0.369 e. The van der Waals surface area contributed by atoms with E-state index in [2.05, 4.69) is 12.1 Å². The summed E-state index contributed by atoms with van der Waals surface area (Å²) in [4.78, 5) is 32.7. The van der Waals surface area contributed by atoms with Gasteiger partial charge in [0.2, 0.25) is 0 Å². The van der Waals surface area contributed by atoms with Crippen molar-refractivity contribution in [3.05, 3.63) is 108 Å². The number of benzene rings is 3. The number of guanidine groups is 1. The lowest BCUT2D eigenvalue weighted by Crippen LogP contribution is -2.44. The second-order valence-electron chi connectivity index (χ2n) is 8.80. The zero-order valence-corrected chi connectivity index (χ0v) is 18.4. The van der Waals surface area contributed by atoms with Gasteiger partial charge in [0.1, 0.15) is 5.78 Å². The Morgan fingerprint density at radius 1 is 0.909 bits per heavy atom. The number of hydrogen-bond donors (Lipinski definition) is 1. The molecule has 0 aromatic heterocycles. The molecule has 2 N–H and O–H groups in total. The maximum Gasteiger partial charge on any atom is 0.266 e. The van der Waals surface area contributed by atoms with Crippen molar-refractivity contribution in [2.75, 3.05) is 6.54 Å². The molecular weight excluding hydrogens is 410 g/mol. The summed E-state index contributed by atoms with van der Waals surface area (Å²) in [5.74, 6) is 0.735. The van der Waals surface area contributed by atoms with Crippen LogP contribution in [0.5, 0.6) is 0 Å². The van der Waals surface area contributed by atoms with Crippen LogP contribution in [0.25, 0.3) is 0 Å². The second-order valence-corrected chi connectivity index (χ2v) is 8.80. The molecule has 1 unspecified atom stereocenters. The summed E-state index contributed by atoms with van der Waals surface area (Å²) in [5.41, 5.74) is 7.89. The number of nitrogens with zero attached hydrogens (tertiary/aromatic N) is 2. The van der Waals surface area contributed by atoms with E-state index in [1.54, 1.807) is 0 Å². The Bertz CT molecular complexity index is 1140. The van der Waals surface area contributed by atoms with Gasteiger partial charge in [0, 0.05) is 18.9 Å². The number of rotatable bonds is 8. The summed E-state index contributed by atoms with van der Waals surface area (Å²) in [6, 6.07) is 29.3. The highest BCUT2D eigenvalue weighted by molar-refractivity contribution is 6.09. The third-order valence-corrected chi connectivity index (χ3v) is 6.73. The first-order valence-electron chi connectivity index (χ1n) is 11.5. The van der Waals surface area contributed by atoms with E-state index in [0.717, 1.165) is 17.5 Å². The minimum atomic E-state index is -1.19. The molecule has 1 heterocycles. The largest absolute Gasteiger partial charge is 0.369 e. The summed E-state index contributed by atoms with van der Waals surface area (Å²) in [5, 5.41) is 0. The van der Waals surface area contributed by atoms with Crippen LogP contribution in [0.4, 0.5) is 0 Å². The molecular formula is C28H27N3O2. The number of carbonyl (C=O) groups excluding carboxylic acids is 2. The molecule has 33 heavy (non-hydrogen) atoms. The van der Waals surface area contributed by atoms with E-state index in [1.165, 1.54) is 10.5 Å². The SMILES string of the molecule is NC1=NC(c2ccccc2)(c2ccccc2)C(=O)N1CCCC(=O)C1C[C@H]1c1ccccc1. The number of nitrogens with two attached hydrogens (primary N) is 1. The van der Waals surface area contributed by atoms with Crippen LogP contribution in [0.1, 0.15) is 41.9 Å². The summed E-state index contributed by atoms with van der Waals surface area (Å²) in [7, 11) is 0. The highest BCUT2D eigenvalue weighted by Gasteiger charge is 2.50. The third-order valence-electron chi connectivity index (χ3n) is 6.73. The van der Waals surface area contributed by atoms with Crippen molar-refractivity contribution in [1.82, 2.24) is 4.90 Å². The molecule has 0 radical (unpaired) electrons. The molecule has 5 nitrogen and oxygen atoms in total. The zero-order valence-electron chi connectivity index (χ0n) is 18.4. The van der Waals surface area contributed by atoms with E-state index in [9.17, 15) is 9.59 Å². The van der Waals surface area contributed by atoms with E-state index in [-0.39, 0.29) is 23.6 Å². The molecule has 1 fully saturated rings. The smallest absolute Gasteiger partial charge is 0.266 e. The Balaban J connectivity index is 1.28. The first kappa shape index (κ1) is 21.1. The van der Waals surface area contributed by atoms with Gasteiger partial charge in [-0.2, -0.15) is 0 Å². The molecule has 166 valence electrons. The van der Waals surface area contributed by atoms with Crippen LogP contribution < -0.4 is 5.73 Å². The van der Waals surface area contributed by atoms with Gasteiger partial charge in [0.05, 0.1) is 0 Å². The first-order chi connectivity index (χ1) is 16.1. The lowest BCUT2D eigenvalue weighted by molar-refractivity contribution is -0.130. The van der Waals surface area contributed by atoms with Gasteiger partial charge in [-0.1, -0.05) is 91.0 Å². The van der Waals surface area contributed by atoms with Crippen molar-refractivity contribution < 1.29 is 9.59 Å². The number of carbonyl (C=O) groups is 2. The quantitative estimate of drug-likeness (QED) is 0.573. The molecule has 5 heteroatoms. The number of aliphatic imine (C=N–C) groups is 1. The first-order valence-corrected chi connectivity index (χ1v) is 11.5. The van der Waals surface area contributed by atoms with E-state index in [4.69, 9.17) is 10.7 Å². The van der Waals surface area contributed by atoms with Crippen molar-refractivity contribution >= 4 is 17.6 Å². The lowest BCUT2D eigenvalue weighted by atomic mass is 9.83. The Labute approximate surface area is 194 Å². The molecule has 2 atom stereocenters. The summed E-state index contributed by atoms with van der Waals surface area (Å²) in [6.45, 7) is 0.379. The van der Waals surface area contributed by atoms with Crippen LogP contribution in [0, 0.1) is 5.92 Å². The van der Waals surface area contributed by atoms with E-state index < -0.39 is 5.54 Å². The van der Waals surface area contributed by atoms with Gasteiger partial charge >= 0.3 is 0 Å². The third kappa shape index (κ3) is 3.84. The fourth-order valence-electron chi connectivity index (χ4n) is 4.91. The Morgan fingerprint density at radius 3 is 2.03 bits per heavy atom. The van der Waals surface area contributed by atoms with E-state index in [0.29, 0.717) is 25.3 Å². The van der Waals surface area contributed by atoms with Gasteiger partial charge in [0.25, 0.3) is 5.91 Å². The van der Waals surface area contributed by atoms with E-state index >= 15 is 0 Å². The summed E-state index contributed by atoms with van der Waals surface area (Å²) < 4.78 is 0. The van der Waals surface area contributed by atoms with Gasteiger partial charge < -0.3 is 5.73 Å². The molecule has 0 saturated heterocycles. The van der Waals surface area contributed by atoms with Gasteiger partial charge in [-0.05, 0) is 35.4 Å². The van der Waals surface area contributed by atoms with Crippen LogP contribution >= 0.6 is 0 Å². The normalized spacial score (nSPS) is 21.0. The molecule has 1 amide bonds. The summed E-state index contributed by atoms with van der Waals surface area (Å²) in [6.07, 6.45) is 1.92. The Hall–Kier alpha value is -3.73. The monoisotopic (exact) mass is 437 g/mol. The highest BCUT2D eigenvalue weighted by atomic mass is 16.2. The average Bonchev–Trinajstić information content (AvgIpc) is 3.63. The van der Waals surface area contributed by atoms with E-state index in [1.807, 2.05) is 78.9 Å². The number of hydrogen-bond acceptors (Lipinski definition) is 4. The zero-order chi connectivity index (χ0) is 22.8. The molecule has 5 rings (SSSR count). The predicted octanol–water partition coefficient (Wildman–Crippen LogP) is 4.24. The lowest BCUT2D eigenvalue weighted by Gasteiger charge is -2.27. The van der Waals surface area contributed by atoms with Crippen molar-refractivity contribution in [1.29, 1.82) is 0 Å². The van der Waals surface area contributed by atoms with Crippen LogP contribution in [-0.4, -0.2) is 29.1 Å². The topological polar surface area (TPSA) is 75.8 Å². The summed E-state index contributed by atoms with van der Waals surface area (Å²) >= 11 is 0. The molecule has 2 aliphatic rings. The maximum atomic E-state index is 13.7. The number of ketones is 1. The second kappa shape index (κ2) is 8.66. The predicted molar refractivity (Wildman–Crippen MR) is 129 cm³/mol. The van der Waals surface area contributed by atoms with Gasteiger partial charge in [-0.3, -0.25) is 14.5 Å². The van der Waals surface area contributed by atoms with Gasteiger partial charge in [-0.15, -0.1) is 0 Å². The van der Waals surface area contributed by atoms with Crippen molar-refractivity contribution in [2.24, 2.45) is 16.6 Å². The van der Waals surface area contributed by atoms with Crippen LogP contribution in [0.2, 0.25) is 0 Å². The highest BCUT2D eigenvalue weighted by Crippen LogP contribution is 2.48.